The highest BCUT2D eigenvalue weighted by Crippen LogP contribution is 2.33. The maximum Gasteiger partial charge on any atom is 0.253 e. The molecule has 1 aliphatic heterocycles. The van der Waals surface area contributed by atoms with Gasteiger partial charge in [0, 0.05) is 49.6 Å². The average Bonchev–Trinajstić information content (AvgIpc) is 3.47. The summed E-state index contributed by atoms with van der Waals surface area (Å²) in [6, 6.07) is 19.4. The van der Waals surface area contributed by atoms with Gasteiger partial charge < -0.3 is 30.6 Å². The number of rotatable bonds is 11. The third-order valence-electron chi connectivity index (χ3n) is 7.32. The summed E-state index contributed by atoms with van der Waals surface area (Å²) in [6.07, 6.45) is 1.04. The summed E-state index contributed by atoms with van der Waals surface area (Å²) in [5.74, 6) is 1.00. The van der Waals surface area contributed by atoms with Crippen LogP contribution < -0.4 is 15.5 Å². The molecule has 11 heteroatoms. The molecule has 0 bridgehead atoms. The van der Waals surface area contributed by atoms with Crippen molar-refractivity contribution in [1.29, 1.82) is 0 Å². The van der Waals surface area contributed by atoms with Crippen molar-refractivity contribution in [2.45, 2.75) is 25.8 Å². The molecule has 4 N–H and O–H groups in total. The van der Waals surface area contributed by atoms with Gasteiger partial charge in [-0.05, 0) is 35.7 Å². The molecule has 5 rings (SSSR count). The van der Waals surface area contributed by atoms with Gasteiger partial charge in [0.1, 0.15) is 10.6 Å². The zero-order chi connectivity index (χ0) is 29.5. The predicted octanol–water partition coefficient (Wildman–Crippen LogP) is 3.15. The van der Waals surface area contributed by atoms with E-state index in [1.807, 2.05) is 47.4 Å². The monoisotopic (exact) mass is 588 g/mol. The van der Waals surface area contributed by atoms with E-state index in [1.165, 1.54) is 4.88 Å². The molecule has 2 aromatic heterocycles. The van der Waals surface area contributed by atoms with Crippen LogP contribution >= 0.6 is 11.3 Å². The van der Waals surface area contributed by atoms with E-state index in [0.29, 0.717) is 44.2 Å². The summed E-state index contributed by atoms with van der Waals surface area (Å²) in [4.78, 5) is 41.1. The van der Waals surface area contributed by atoms with E-state index in [9.17, 15) is 19.8 Å². The van der Waals surface area contributed by atoms with Crippen LogP contribution in [0.25, 0.3) is 21.3 Å². The number of nitrogens with one attached hydrogen (secondary N) is 2. The lowest BCUT2D eigenvalue weighted by atomic mass is 10.0. The SMILES string of the molecule is CCc1cc2c(N3CCN(C(=O)c4ccc(-c5ccccc5)cc4)CC3)nc(NCCC(=O)NC(CO)CO)nc2s1. The summed E-state index contributed by atoms with van der Waals surface area (Å²) in [6.45, 7) is 4.21. The third-order valence-corrected chi connectivity index (χ3v) is 8.49. The Labute approximate surface area is 249 Å². The molecule has 1 aliphatic rings. The Bertz CT molecular complexity index is 1500. The Hall–Kier alpha value is -4.06. The second kappa shape index (κ2) is 13.7. The van der Waals surface area contributed by atoms with Crippen molar-refractivity contribution in [3.05, 3.63) is 71.1 Å². The Morgan fingerprint density at radius 1 is 0.952 bits per heavy atom. The van der Waals surface area contributed by atoms with E-state index in [0.717, 1.165) is 33.6 Å². The lowest BCUT2D eigenvalue weighted by Crippen LogP contribution is -2.49. The van der Waals surface area contributed by atoms with Crippen molar-refractivity contribution in [3.63, 3.8) is 0 Å². The quantitative estimate of drug-likeness (QED) is 0.210. The van der Waals surface area contributed by atoms with E-state index < -0.39 is 6.04 Å². The molecule has 10 nitrogen and oxygen atoms in total. The molecular formula is C31H36N6O4S. The Morgan fingerprint density at radius 2 is 1.64 bits per heavy atom. The fourth-order valence-electron chi connectivity index (χ4n) is 4.93. The average molecular weight is 589 g/mol. The van der Waals surface area contributed by atoms with Crippen LogP contribution in [-0.2, 0) is 11.2 Å². The molecule has 0 atom stereocenters. The van der Waals surface area contributed by atoms with Gasteiger partial charge in [0.05, 0.1) is 24.6 Å². The second-order valence-corrected chi connectivity index (χ2v) is 11.3. The zero-order valence-corrected chi connectivity index (χ0v) is 24.4. The highest BCUT2D eigenvalue weighted by atomic mass is 32.1. The van der Waals surface area contributed by atoms with Crippen LogP contribution in [0.15, 0.2) is 60.7 Å². The Morgan fingerprint density at radius 3 is 2.31 bits per heavy atom. The van der Waals surface area contributed by atoms with Gasteiger partial charge in [0.15, 0.2) is 0 Å². The first kappa shape index (κ1) is 29.4. The number of thiophene rings is 1. The smallest absolute Gasteiger partial charge is 0.253 e. The van der Waals surface area contributed by atoms with E-state index in [1.54, 1.807) is 11.3 Å². The minimum atomic E-state index is -0.672. The number of aliphatic hydroxyl groups is 2. The first-order chi connectivity index (χ1) is 20.5. The van der Waals surface area contributed by atoms with Crippen molar-refractivity contribution in [2.75, 3.05) is 56.2 Å². The van der Waals surface area contributed by atoms with Gasteiger partial charge >= 0.3 is 0 Å². The summed E-state index contributed by atoms with van der Waals surface area (Å²) < 4.78 is 0. The van der Waals surface area contributed by atoms with Crippen LogP contribution in [0.5, 0.6) is 0 Å². The minimum absolute atomic E-state index is 0.0242. The standard InChI is InChI=1S/C31H36N6O4S/c1-2-25-18-26-28(34-31(35-29(26)42-25)32-13-12-27(40)33-24(19-38)20-39)36-14-16-37(17-15-36)30(41)23-10-8-22(9-11-23)21-6-4-3-5-7-21/h3-11,18,24,38-39H,2,12-17,19-20H2,1H3,(H,33,40)(H,32,34,35). The van der Waals surface area contributed by atoms with Crippen LogP contribution in [0.1, 0.15) is 28.6 Å². The topological polar surface area (TPSA) is 131 Å². The highest BCUT2D eigenvalue weighted by molar-refractivity contribution is 7.18. The van der Waals surface area contributed by atoms with Gasteiger partial charge in [-0.3, -0.25) is 9.59 Å². The van der Waals surface area contributed by atoms with Crippen molar-refractivity contribution < 1.29 is 19.8 Å². The lowest BCUT2D eigenvalue weighted by Gasteiger charge is -2.35. The molecular weight excluding hydrogens is 552 g/mol. The molecule has 0 radical (unpaired) electrons. The van der Waals surface area contributed by atoms with E-state index in [2.05, 4.69) is 40.7 Å². The number of hydrogen-bond acceptors (Lipinski definition) is 9. The van der Waals surface area contributed by atoms with Crippen molar-refractivity contribution in [3.8, 4) is 11.1 Å². The van der Waals surface area contributed by atoms with Crippen molar-refractivity contribution in [2.24, 2.45) is 0 Å². The summed E-state index contributed by atoms with van der Waals surface area (Å²) in [7, 11) is 0. The molecule has 0 aliphatic carbocycles. The normalized spacial score (nSPS) is 13.5. The molecule has 2 aromatic carbocycles. The van der Waals surface area contributed by atoms with Gasteiger partial charge in [0.25, 0.3) is 5.91 Å². The number of carbonyl (C=O) groups is 2. The maximum atomic E-state index is 13.3. The van der Waals surface area contributed by atoms with Crippen LogP contribution in [0.2, 0.25) is 0 Å². The first-order valence-electron chi connectivity index (χ1n) is 14.2. The van der Waals surface area contributed by atoms with E-state index in [-0.39, 0.29) is 31.4 Å². The Kier molecular flexibility index (Phi) is 9.63. The number of anilines is 2. The molecule has 220 valence electrons. The van der Waals surface area contributed by atoms with Gasteiger partial charge in [0.2, 0.25) is 11.9 Å². The van der Waals surface area contributed by atoms with E-state index in [4.69, 9.17) is 9.97 Å². The largest absolute Gasteiger partial charge is 0.394 e. The van der Waals surface area contributed by atoms with Crippen LogP contribution in [0, 0.1) is 0 Å². The number of hydrogen-bond donors (Lipinski definition) is 4. The lowest BCUT2D eigenvalue weighted by molar-refractivity contribution is -0.122. The summed E-state index contributed by atoms with van der Waals surface area (Å²) >= 11 is 1.63. The number of aromatic nitrogens is 2. The zero-order valence-electron chi connectivity index (χ0n) is 23.6. The number of fused-ring (bicyclic) bond motifs is 1. The third kappa shape index (κ3) is 6.87. The fourth-order valence-corrected chi connectivity index (χ4v) is 5.89. The van der Waals surface area contributed by atoms with Crippen LogP contribution in [0.4, 0.5) is 11.8 Å². The second-order valence-electron chi connectivity index (χ2n) is 10.2. The van der Waals surface area contributed by atoms with Gasteiger partial charge in [-0.1, -0.05) is 49.4 Å². The predicted molar refractivity (Wildman–Crippen MR) is 166 cm³/mol. The molecule has 42 heavy (non-hydrogen) atoms. The van der Waals surface area contributed by atoms with Gasteiger partial charge in [-0.15, -0.1) is 11.3 Å². The van der Waals surface area contributed by atoms with E-state index >= 15 is 0 Å². The number of piperazine rings is 1. The molecule has 3 heterocycles. The Balaban J connectivity index is 1.24. The van der Waals surface area contributed by atoms with Crippen molar-refractivity contribution >= 4 is 45.1 Å². The highest BCUT2D eigenvalue weighted by Gasteiger charge is 2.25. The molecule has 0 spiro atoms. The molecule has 1 fully saturated rings. The van der Waals surface area contributed by atoms with Gasteiger partial charge in [-0.25, -0.2) is 4.98 Å². The number of aliphatic hydroxyl groups excluding tert-OH is 2. The molecule has 1 saturated heterocycles. The minimum Gasteiger partial charge on any atom is -0.394 e. The molecule has 4 aromatic rings. The number of benzene rings is 2. The number of amides is 2. The fraction of sp³-hybridized carbons (Fsp3) is 0.355. The molecule has 2 amide bonds. The maximum absolute atomic E-state index is 13.3. The number of nitrogens with zero attached hydrogens (tertiary/aromatic N) is 4. The van der Waals surface area contributed by atoms with Crippen LogP contribution in [0.3, 0.4) is 0 Å². The summed E-state index contributed by atoms with van der Waals surface area (Å²) in [5.41, 5.74) is 2.88. The molecule has 0 saturated carbocycles. The van der Waals surface area contributed by atoms with Crippen molar-refractivity contribution in [1.82, 2.24) is 20.2 Å². The number of aryl methyl sites for hydroxylation is 1. The molecule has 0 unspecified atom stereocenters. The van der Waals surface area contributed by atoms with Crippen LogP contribution in [-0.4, -0.2) is 88.9 Å². The first-order valence-corrected chi connectivity index (χ1v) is 15.1. The number of carbonyl (C=O) groups excluding carboxylic acids is 2. The van der Waals surface area contributed by atoms with Gasteiger partial charge in [-0.2, -0.15) is 4.98 Å². The summed E-state index contributed by atoms with van der Waals surface area (Å²) in [5, 5.41) is 25.1.